The van der Waals surface area contributed by atoms with E-state index in [2.05, 4.69) is 20.8 Å². The number of amides is 1. The normalized spacial score (nSPS) is 10.3. The average Bonchev–Trinajstić information content (AvgIpc) is 2.73. The first-order valence-electron chi connectivity index (χ1n) is 10.3. The summed E-state index contributed by atoms with van der Waals surface area (Å²) < 4.78 is 11.4. The number of anilines is 2. The molecule has 0 unspecified atom stereocenters. The Morgan fingerprint density at radius 2 is 1.62 bits per heavy atom. The fourth-order valence-electron chi connectivity index (χ4n) is 2.93. The fraction of sp³-hybridized carbons (Fsp3) is 0.435. The molecule has 2 aromatic carbocycles. The number of rotatable bonds is 11. The van der Waals surface area contributed by atoms with Crippen molar-refractivity contribution in [3.63, 3.8) is 0 Å². The zero-order valence-electron chi connectivity index (χ0n) is 17.7. The number of hydrogen-bond donors (Lipinski definition) is 1. The van der Waals surface area contributed by atoms with Crippen molar-refractivity contribution in [3.05, 3.63) is 54.6 Å². The number of carbonyl (C=O) groups excluding carboxylic acids is 1. The Kier molecular flexibility index (Phi) is 11.8. The van der Waals surface area contributed by atoms with E-state index in [-0.39, 0.29) is 18.5 Å². The summed E-state index contributed by atoms with van der Waals surface area (Å²) in [4.78, 5) is 15.9. The molecule has 0 saturated heterocycles. The van der Waals surface area contributed by atoms with E-state index in [1.165, 1.54) is 4.90 Å². The monoisotopic (exact) mass is 420 g/mol. The zero-order valence-corrected chi connectivity index (χ0v) is 18.5. The predicted molar refractivity (Wildman–Crippen MR) is 114 cm³/mol. The third kappa shape index (κ3) is 7.95. The van der Waals surface area contributed by atoms with Gasteiger partial charge in [-0.25, -0.2) is 9.69 Å². The number of hydrogen-bond acceptors (Lipinski definition) is 3. The second-order valence-corrected chi connectivity index (χ2v) is 6.69. The summed E-state index contributed by atoms with van der Waals surface area (Å²) in [5, 5.41) is 0. The first-order chi connectivity index (χ1) is 13.7. The van der Waals surface area contributed by atoms with Crippen LogP contribution in [0.1, 0.15) is 33.6 Å². The number of nitrogens with one attached hydrogen (secondary N) is 1. The molecule has 29 heavy (non-hydrogen) atoms. The van der Waals surface area contributed by atoms with E-state index in [1.807, 2.05) is 54.6 Å². The van der Waals surface area contributed by atoms with Crippen LogP contribution in [0.15, 0.2) is 54.6 Å². The Bertz CT molecular complexity index is 708. The number of ether oxygens (including phenoxy) is 2. The molecule has 0 heterocycles. The van der Waals surface area contributed by atoms with Crippen molar-refractivity contribution in [1.29, 1.82) is 0 Å². The van der Waals surface area contributed by atoms with Gasteiger partial charge in [0.2, 0.25) is 0 Å². The molecule has 0 bridgehead atoms. The Hall–Kier alpha value is -2.24. The van der Waals surface area contributed by atoms with Crippen LogP contribution < -0.4 is 26.9 Å². The van der Waals surface area contributed by atoms with Gasteiger partial charge < -0.3 is 26.8 Å². The maximum atomic E-state index is 12.9. The van der Waals surface area contributed by atoms with E-state index in [4.69, 9.17) is 9.47 Å². The molecule has 1 amide bonds. The van der Waals surface area contributed by atoms with Gasteiger partial charge in [-0.05, 0) is 44.5 Å². The molecule has 0 atom stereocenters. The molecule has 6 heteroatoms. The molecule has 5 nitrogen and oxygen atoms in total. The van der Waals surface area contributed by atoms with Crippen LogP contribution in [0.4, 0.5) is 16.2 Å². The third-order valence-corrected chi connectivity index (χ3v) is 4.72. The smallest absolute Gasteiger partial charge is 0.419 e. The minimum absolute atomic E-state index is 0. The van der Waals surface area contributed by atoms with E-state index in [0.717, 1.165) is 49.6 Å². The van der Waals surface area contributed by atoms with Crippen LogP contribution in [-0.2, 0) is 4.74 Å². The van der Waals surface area contributed by atoms with Gasteiger partial charge in [0.05, 0.1) is 31.1 Å². The minimum Gasteiger partial charge on any atom is -1.00 e. The number of para-hydroxylation sites is 1. The summed E-state index contributed by atoms with van der Waals surface area (Å²) in [6.45, 7) is 10.3. The average molecular weight is 421 g/mol. The molecule has 2 aromatic rings. The largest absolute Gasteiger partial charge is 1.00 e. The highest BCUT2D eigenvalue weighted by atomic mass is 35.5. The Balaban J connectivity index is 0.00000420. The Morgan fingerprint density at radius 3 is 2.28 bits per heavy atom. The summed E-state index contributed by atoms with van der Waals surface area (Å²) in [5.41, 5.74) is 1.51. The molecule has 0 spiro atoms. The van der Waals surface area contributed by atoms with E-state index in [0.29, 0.717) is 13.2 Å². The van der Waals surface area contributed by atoms with Crippen LogP contribution >= 0.6 is 0 Å². The number of carbonyl (C=O) groups is 1. The number of quaternary nitrogens is 1. The summed E-state index contributed by atoms with van der Waals surface area (Å²) in [7, 11) is 0. The second kappa shape index (κ2) is 13.9. The lowest BCUT2D eigenvalue weighted by molar-refractivity contribution is -0.896. The van der Waals surface area contributed by atoms with Crippen LogP contribution in [0.5, 0.6) is 5.75 Å². The van der Waals surface area contributed by atoms with Gasteiger partial charge in [-0.2, -0.15) is 0 Å². The highest BCUT2D eigenvalue weighted by Crippen LogP contribution is 2.29. The van der Waals surface area contributed by atoms with Gasteiger partial charge in [-0.15, -0.1) is 0 Å². The summed E-state index contributed by atoms with van der Waals surface area (Å²) in [5.74, 6) is 0.757. The van der Waals surface area contributed by atoms with Gasteiger partial charge in [0, 0.05) is 6.07 Å². The molecular weight excluding hydrogens is 388 g/mol. The molecule has 2 rings (SSSR count). The SMILES string of the molecule is CCCCOc1cccc(N(C(=O)OCC[NH+](CC)CC)c2ccccc2)c1.[Cl-]. The van der Waals surface area contributed by atoms with Crippen molar-refractivity contribution in [2.75, 3.05) is 37.7 Å². The van der Waals surface area contributed by atoms with Gasteiger partial charge >= 0.3 is 6.09 Å². The van der Waals surface area contributed by atoms with Gasteiger partial charge in [0.1, 0.15) is 18.9 Å². The van der Waals surface area contributed by atoms with Crippen molar-refractivity contribution in [2.24, 2.45) is 0 Å². The number of unbranched alkanes of at least 4 members (excludes halogenated alkanes) is 1. The molecule has 0 fully saturated rings. The number of likely N-dealkylation sites (N-methyl/N-ethyl adjacent to an activating group) is 1. The topological polar surface area (TPSA) is 43.2 Å². The Labute approximate surface area is 181 Å². The number of halogens is 1. The van der Waals surface area contributed by atoms with Gasteiger partial charge in [-0.1, -0.05) is 37.6 Å². The maximum absolute atomic E-state index is 12.9. The first kappa shape index (κ1) is 24.8. The van der Waals surface area contributed by atoms with Crippen LogP contribution in [-0.4, -0.2) is 38.9 Å². The molecule has 1 N–H and O–H groups in total. The van der Waals surface area contributed by atoms with Crippen LogP contribution in [0.2, 0.25) is 0 Å². The van der Waals surface area contributed by atoms with Crippen LogP contribution in [0, 0.1) is 0 Å². The molecule has 0 radical (unpaired) electrons. The zero-order chi connectivity index (χ0) is 20.2. The molecule has 0 aliphatic heterocycles. The van der Waals surface area contributed by atoms with E-state index in [1.54, 1.807) is 4.90 Å². The summed E-state index contributed by atoms with van der Waals surface area (Å²) in [6.07, 6.45) is 1.71. The molecule has 0 aliphatic rings. The first-order valence-corrected chi connectivity index (χ1v) is 10.3. The number of nitrogens with zero attached hydrogens (tertiary/aromatic N) is 1. The lowest BCUT2D eigenvalue weighted by atomic mass is 10.2. The highest BCUT2D eigenvalue weighted by Gasteiger charge is 2.20. The van der Waals surface area contributed by atoms with E-state index < -0.39 is 0 Å². The maximum Gasteiger partial charge on any atom is 0.419 e. The molecule has 0 saturated carbocycles. The lowest BCUT2D eigenvalue weighted by Crippen LogP contribution is -3.11. The summed E-state index contributed by atoms with van der Waals surface area (Å²) in [6, 6.07) is 17.2. The van der Waals surface area contributed by atoms with Crippen molar-refractivity contribution >= 4 is 17.5 Å². The molecular formula is C23H33ClN2O3. The number of benzene rings is 2. The van der Waals surface area contributed by atoms with Crippen molar-refractivity contribution in [3.8, 4) is 5.75 Å². The minimum atomic E-state index is -0.372. The predicted octanol–water partition coefficient (Wildman–Crippen LogP) is 1.07. The van der Waals surface area contributed by atoms with E-state index in [9.17, 15) is 4.79 Å². The highest BCUT2D eigenvalue weighted by molar-refractivity contribution is 5.96. The van der Waals surface area contributed by atoms with E-state index >= 15 is 0 Å². The molecule has 0 aromatic heterocycles. The fourth-order valence-corrected chi connectivity index (χ4v) is 2.93. The molecule has 160 valence electrons. The second-order valence-electron chi connectivity index (χ2n) is 6.69. The quantitative estimate of drug-likeness (QED) is 0.553. The molecule has 0 aliphatic carbocycles. The van der Waals surface area contributed by atoms with Crippen molar-refractivity contribution in [2.45, 2.75) is 33.6 Å². The van der Waals surface area contributed by atoms with Crippen LogP contribution in [0.25, 0.3) is 0 Å². The van der Waals surface area contributed by atoms with Crippen molar-refractivity contribution in [1.82, 2.24) is 0 Å². The van der Waals surface area contributed by atoms with Crippen molar-refractivity contribution < 1.29 is 31.6 Å². The van der Waals surface area contributed by atoms with Gasteiger partial charge in [-0.3, -0.25) is 0 Å². The lowest BCUT2D eigenvalue weighted by Gasteiger charge is -2.23. The Morgan fingerprint density at radius 1 is 0.931 bits per heavy atom. The van der Waals surface area contributed by atoms with Crippen LogP contribution in [0.3, 0.4) is 0 Å². The van der Waals surface area contributed by atoms with Gasteiger partial charge in [0.25, 0.3) is 0 Å². The van der Waals surface area contributed by atoms with Gasteiger partial charge in [0.15, 0.2) is 0 Å². The summed E-state index contributed by atoms with van der Waals surface area (Å²) >= 11 is 0. The third-order valence-electron chi connectivity index (χ3n) is 4.72. The standard InChI is InChI=1S/C23H32N2O3.ClH/c1-4-7-17-27-22-15-11-14-21(19-22)25(20-12-9-8-10-13-20)23(26)28-18-16-24(5-2)6-3;/h8-15,19H,4-7,16-18H2,1-3H3;1H.